The maximum absolute atomic E-state index is 12.9. The van der Waals surface area contributed by atoms with Gasteiger partial charge in [-0.2, -0.15) is 0 Å². The van der Waals surface area contributed by atoms with Crippen molar-refractivity contribution in [2.24, 2.45) is 0 Å². The van der Waals surface area contributed by atoms with E-state index >= 15 is 0 Å². The lowest BCUT2D eigenvalue weighted by molar-refractivity contribution is -0.118. The molecular formula is C22H26N2O2. The van der Waals surface area contributed by atoms with Crippen LogP contribution in [0.15, 0.2) is 48.5 Å². The molecule has 4 rings (SSSR count). The molecule has 0 saturated heterocycles. The molecule has 136 valence electrons. The van der Waals surface area contributed by atoms with Crippen LogP contribution in [0.4, 0.5) is 11.4 Å². The van der Waals surface area contributed by atoms with Gasteiger partial charge in [0.2, 0.25) is 5.91 Å². The van der Waals surface area contributed by atoms with Gasteiger partial charge in [0.1, 0.15) is 11.8 Å². The third-order valence-electron chi connectivity index (χ3n) is 5.35. The van der Waals surface area contributed by atoms with Crippen LogP contribution in [0.3, 0.4) is 0 Å². The number of ether oxygens (including phenoxy) is 1. The first kappa shape index (κ1) is 17.0. The highest BCUT2D eigenvalue weighted by molar-refractivity contribution is 6.00. The van der Waals surface area contributed by atoms with Crippen LogP contribution in [0.2, 0.25) is 0 Å². The van der Waals surface area contributed by atoms with E-state index in [0.717, 1.165) is 42.9 Å². The molecule has 0 bridgehead atoms. The molecule has 26 heavy (non-hydrogen) atoms. The summed E-state index contributed by atoms with van der Waals surface area (Å²) in [7, 11) is 0. The quantitative estimate of drug-likeness (QED) is 0.869. The molecule has 2 aromatic rings. The van der Waals surface area contributed by atoms with Crippen LogP contribution in [0.25, 0.3) is 0 Å². The van der Waals surface area contributed by atoms with Gasteiger partial charge in [0.15, 0.2) is 0 Å². The Morgan fingerprint density at radius 1 is 1.15 bits per heavy atom. The standard InChI is InChI=1S/C22H26N2O2/c1-16(22(25)24-14-13-17-7-2-5-12-21(17)24)23-18-8-6-11-20(15-18)26-19-9-3-4-10-19/h2,5-8,11-12,15-16,19,23H,3-4,9-10,13-14H2,1H3/t16-/m1/s1. The van der Waals surface area contributed by atoms with Gasteiger partial charge >= 0.3 is 0 Å². The average Bonchev–Trinajstić information content (AvgIpc) is 3.31. The van der Waals surface area contributed by atoms with Crippen LogP contribution >= 0.6 is 0 Å². The maximum Gasteiger partial charge on any atom is 0.249 e. The van der Waals surface area contributed by atoms with E-state index < -0.39 is 0 Å². The number of para-hydroxylation sites is 1. The van der Waals surface area contributed by atoms with Crippen LogP contribution < -0.4 is 15.0 Å². The molecule has 1 fully saturated rings. The molecule has 1 aliphatic carbocycles. The van der Waals surface area contributed by atoms with Crippen molar-refractivity contribution in [2.75, 3.05) is 16.8 Å². The summed E-state index contributed by atoms with van der Waals surface area (Å²) >= 11 is 0. The van der Waals surface area contributed by atoms with E-state index in [1.807, 2.05) is 54.3 Å². The molecule has 1 amide bonds. The van der Waals surface area contributed by atoms with Crippen LogP contribution in [-0.4, -0.2) is 24.6 Å². The second-order valence-corrected chi connectivity index (χ2v) is 7.29. The van der Waals surface area contributed by atoms with E-state index in [2.05, 4.69) is 11.4 Å². The summed E-state index contributed by atoms with van der Waals surface area (Å²) < 4.78 is 6.07. The zero-order chi connectivity index (χ0) is 17.9. The molecule has 4 heteroatoms. The largest absolute Gasteiger partial charge is 0.490 e. The van der Waals surface area contributed by atoms with E-state index in [1.54, 1.807) is 0 Å². The lowest BCUT2D eigenvalue weighted by Gasteiger charge is -2.23. The summed E-state index contributed by atoms with van der Waals surface area (Å²) in [5.74, 6) is 0.991. The zero-order valence-corrected chi connectivity index (χ0v) is 15.3. The Morgan fingerprint density at radius 2 is 1.96 bits per heavy atom. The molecule has 0 spiro atoms. The number of hydrogen-bond acceptors (Lipinski definition) is 3. The van der Waals surface area contributed by atoms with Crippen LogP contribution in [0.5, 0.6) is 5.75 Å². The van der Waals surface area contributed by atoms with E-state index in [-0.39, 0.29) is 11.9 Å². The molecule has 1 heterocycles. The van der Waals surface area contributed by atoms with Gasteiger partial charge in [-0.1, -0.05) is 24.3 Å². The van der Waals surface area contributed by atoms with Crippen molar-refractivity contribution in [1.82, 2.24) is 0 Å². The Hall–Kier alpha value is -2.49. The van der Waals surface area contributed by atoms with Crippen molar-refractivity contribution in [3.05, 3.63) is 54.1 Å². The van der Waals surface area contributed by atoms with E-state index in [0.29, 0.717) is 6.10 Å². The summed E-state index contributed by atoms with van der Waals surface area (Å²) in [6.07, 6.45) is 6.06. The van der Waals surface area contributed by atoms with Crippen molar-refractivity contribution in [1.29, 1.82) is 0 Å². The highest BCUT2D eigenvalue weighted by Gasteiger charge is 2.27. The molecule has 2 aliphatic rings. The number of rotatable bonds is 5. The normalized spacial score (nSPS) is 17.8. The van der Waals surface area contributed by atoms with Gasteiger partial charge in [0.25, 0.3) is 0 Å². The average molecular weight is 350 g/mol. The summed E-state index contributed by atoms with van der Waals surface area (Å²) in [5.41, 5.74) is 3.22. The third kappa shape index (κ3) is 3.55. The lowest BCUT2D eigenvalue weighted by Crippen LogP contribution is -2.40. The molecule has 1 atom stereocenters. The van der Waals surface area contributed by atoms with Crippen molar-refractivity contribution in [2.45, 2.75) is 51.2 Å². The van der Waals surface area contributed by atoms with Gasteiger partial charge in [-0.05, 0) is 62.8 Å². The molecule has 0 radical (unpaired) electrons. The van der Waals surface area contributed by atoms with Crippen molar-refractivity contribution < 1.29 is 9.53 Å². The van der Waals surface area contributed by atoms with Gasteiger partial charge in [0, 0.05) is 24.0 Å². The predicted molar refractivity (Wildman–Crippen MR) is 105 cm³/mol. The SMILES string of the molecule is C[C@@H](Nc1cccc(OC2CCCC2)c1)C(=O)N1CCc2ccccc21. The number of amides is 1. The fourth-order valence-corrected chi connectivity index (χ4v) is 3.97. The number of nitrogens with one attached hydrogen (secondary N) is 1. The van der Waals surface area contributed by atoms with Crippen LogP contribution in [0.1, 0.15) is 38.2 Å². The lowest BCUT2D eigenvalue weighted by atomic mass is 10.2. The molecule has 1 N–H and O–H groups in total. The minimum absolute atomic E-state index is 0.108. The number of fused-ring (bicyclic) bond motifs is 1. The molecule has 2 aromatic carbocycles. The first-order valence-electron chi connectivity index (χ1n) is 9.63. The molecule has 0 aromatic heterocycles. The monoisotopic (exact) mass is 350 g/mol. The zero-order valence-electron chi connectivity index (χ0n) is 15.3. The smallest absolute Gasteiger partial charge is 0.249 e. The molecule has 4 nitrogen and oxygen atoms in total. The minimum Gasteiger partial charge on any atom is -0.490 e. The second kappa shape index (κ2) is 7.40. The van der Waals surface area contributed by atoms with Gasteiger partial charge in [-0.25, -0.2) is 0 Å². The minimum atomic E-state index is -0.289. The Kier molecular flexibility index (Phi) is 4.83. The molecule has 1 aliphatic heterocycles. The van der Waals surface area contributed by atoms with Gasteiger partial charge < -0.3 is 15.0 Å². The third-order valence-corrected chi connectivity index (χ3v) is 5.35. The number of hydrogen-bond donors (Lipinski definition) is 1. The Morgan fingerprint density at radius 3 is 2.81 bits per heavy atom. The Labute approximate surface area is 155 Å². The number of anilines is 2. The Bertz CT molecular complexity index is 783. The van der Waals surface area contributed by atoms with E-state index in [9.17, 15) is 4.79 Å². The Balaban J connectivity index is 1.41. The van der Waals surface area contributed by atoms with E-state index in [4.69, 9.17) is 4.74 Å². The summed E-state index contributed by atoms with van der Waals surface area (Å²) in [4.78, 5) is 14.8. The highest BCUT2D eigenvalue weighted by Crippen LogP contribution is 2.29. The number of benzene rings is 2. The van der Waals surface area contributed by atoms with Crippen LogP contribution in [-0.2, 0) is 11.2 Å². The highest BCUT2D eigenvalue weighted by atomic mass is 16.5. The number of carbonyl (C=O) groups excluding carboxylic acids is 1. The summed E-state index contributed by atoms with van der Waals surface area (Å²) in [6.45, 7) is 2.68. The maximum atomic E-state index is 12.9. The van der Waals surface area contributed by atoms with Gasteiger partial charge in [-0.15, -0.1) is 0 Å². The number of nitrogens with zero attached hydrogens (tertiary/aromatic N) is 1. The summed E-state index contributed by atoms with van der Waals surface area (Å²) in [5, 5.41) is 3.34. The molecule has 0 unspecified atom stereocenters. The second-order valence-electron chi connectivity index (χ2n) is 7.29. The fourth-order valence-electron chi connectivity index (χ4n) is 3.97. The van der Waals surface area contributed by atoms with Crippen molar-refractivity contribution >= 4 is 17.3 Å². The number of carbonyl (C=O) groups is 1. The molecule has 1 saturated carbocycles. The summed E-state index contributed by atoms with van der Waals surface area (Å²) in [6, 6.07) is 15.8. The topological polar surface area (TPSA) is 41.6 Å². The first-order chi connectivity index (χ1) is 12.7. The van der Waals surface area contributed by atoms with Crippen LogP contribution in [0, 0.1) is 0 Å². The van der Waals surface area contributed by atoms with E-state index in [1.165, 1.54) is 18.4 Å². The van der Waals surface area contributed by atoms with Crippen molar-refractivity contribution in [3.8, 4) is 5.75 Å². The predicted octanol–water partition coefficient (Wildman–Crippen LogP) is 4.40. The fraction of sp³-hybridized carbons (Fsp3) is 0.409. The van der Waals surface area contributed by atoms with Gasteiger partial charge in [-0.3, -0.25) is 4.79 Å². The van der Waals surface area contributed by atoms with Gasteiger partial charge in [0.05, 0.1) is 6.10 Å². The van der Waals surface area contributed by atoms with Crippen molar-refractivity contribution in [3.63, 3.8) is 0 Å². The molecular weight excluding hydrogens is 324 g/mol. The first-order valence-corrected chi connectivity index (χ1v) is 9.63.